The number of carbonyl (C=O) groups is 1. The van der Waals surface area contributed by atoms with E-state index < -0.39 is 6.61 Å². The summed E-state index contributed by atoms with van der Waals surface area (Å²) in [6, 6.07) is 3.00. The van der Waals surface area contributed by atoms with E-state index in [2.05, 4.69) is 25.1 Å². The standard InChI is InChI=1S/C18H25F2N3O5.HI/c1-21-18(22-7-5-3-4-6-16(24)25-2)23-10-12-8-14-15(27-11-26-14)9-13(12)28-17(19)20;/h8-9,17H,3-7,10-11H2,1-2H3,(H2,21,22,23);1H. The summed E-state index contributed by atoms with van der Waals surface area (Å²) in [5.41, 5.74) is 0.491. The summed E-state index contributed by atoms with van der Waals surface area (Å²) in [5, 5.41) is 6.18. The zero-order valence-electron chi connectivity index (χ0n) is 16.3. The molecule has 0 atom stereocenters. The number of fused-ring (bicyclic) bond motifs is 1. The van der Waals surface area contributed by atoms with Crippen LogP contribution < -0.4 is 24.8 Å². The maximum absolute atomic E-state index is 12.7. The van der Waals surface area contributed by atoms with E-state index in [0.29, 0.717) is 36.0 Å². The zero-order valence-corrected chi connectivity index (χ0v) is 18.7. The van der Waals surface area contributed by atoms with E-state index in [1.165, 1.54) is 13.2 Å². The summed E-state index contributed by atoms with van der Waals surface area (Å²) in [7, 11) is 2.99. The van der Waals surface area contributed by atoms with Crippen molar-refractivity contribution >= 4 is 35.9 Å². The highest BCUT2D eigenvalue weighted by molar-refractivity contribution is 14.0. The van der Waals surface area contributed by atoms with Gasteiger partial charge in [0.25, 0.3) is 0 Å². The van der Waals surface area contributed by atoms with E-state index >= 15 is 0 Å². The number of ether oxygens (including phenoxy) is 4. The number of rotatable bonds is 10. The fourth-order valence-electron chi connectivity index (χ4n) is 2.59. The second-order valence-electron chi connectivity index (χ2n) is 5.93. The van der Waals surface area contributed by atoms with Gasteiger partial charge in [0.2, 0.25) is 6.79 Å². The Morgan fingerprint density at radius 3 is 2.59 bits per heavy atom. The van der Waals surface area contributed by atoms with Gasteiger partial charge in [-0.3, -0.25) is 9.79 Å². The second kappa shape index (κ2) is 13.2. The van der Waals surface area contributed by atoms with Crippen molar-refractivity contribution in [3.05, 3.63) is 17.7 Å². The van der Waals surface area contributed by atoms with E-state index in [-0.39, 0.29) is 49.0 Å². The molecule has 1 aliphatic heterocycles. The SMILES string of the molecule is CN=C(NCCCCCC(=O)OC)NCc1cc2c(cc1OC(F)F)OCO2.I. The number of alkyl halides is 2. The van der Waals surface area contributed by atoms with Crippen molar-refractivity contribution in [3.8, 4) is 17.2 Å². The van der Waals surface area contributed by atoms with Crippen LogP contribution in [-0.4, -0.2) is 46.0 Å². The molecule has 0 radical (unpaired) electrons. The molecule has 0 saturated carbocycles. The zero-order chi connectivity index (χ0) is 20.4. The first-order chi connectivity index (χ1) is 13.5. The van der Waals surface area contributed by atoms with E-state index in [9.17, 15) is 13.6 Å². The highest BCUT2D eigenvalue weighted by atomic mass is 127. The Kier molecular flexibility index (Phi) is 11.4. The van der Waals surface area contributed by atoms with Crippen LogP contribution in [0.4, 0.5) is 8.78 Å². The molecule has 1 aromatic carbocycles. The van der Waals surface area contributed by atoms with Crippen LogP contribution in [0.2, 0.25) is 0 Å². The minimum absolute atomic E-state index is 0. The maximum Gasteiger partial charge on any atom is 0.387 e. The quantitative estimate of drug-likeness (QED) is 0.158. The Bertz CT molecular complexity index is 692. The fourth-order valence-corrected chi connectivity index (χ4v) is 2.59. The van der Waals surface area contributed by atoms with Crippen LogP contribution in [0.3, 0.4) is 0 Å². The number of guanidine groups is 1. The molecule has 0 aromatic heterocycles. The lowest BCUT2D eigenvalue weighted by molar-refractivity contribution is -0.140. The fraction of sp³-hybridized carbons (Fsp3) is 0.556. The Balaban J connectivity index is 0.00000420. The molecule has 0 unspecified atom stereocenters. The number of nitrogens with one attached hydrogen (secondary N) is 2. The van der Waals surface area contributed by atoms with Gasteiger partial charge in [0.1, 0.15) is 5.75 Å². The van der Waals surface area contributed by atoms with Crippen LogP contribution in [0.5, 0.6) is 17.2 Å². The van der Waals surface area contributed by atoms with Gasteiger partial charge in [0.05, 0.1) is 7.11 Å². The van der Waals surface area contributed by atoms with Crippen molar-refractivity contribution in [3.63, 3.8) is 0 Å². The van der Waals surface area contributed by atoms with Crippen LogP contribution >= 0.6 is 24.0 Å². The predicted molar refractivity (Wildman–Crippen MR) is 113 cm³/mol. The smallest absolute Gasteiger partial charge is 0.387 e. The highest BCUT2D eigenvalue weighted by Gasteiger charge is 2.20. The molecule has 0 bridgehead atoms. The molecule has 0 saturated heterocycles. The Morgan fingerprint density at radius 1 is 1.21 bits per heavy atom. The van der Waals surface area contributed by atoms with Gasteiger partial charge in [-0.2, -0.15) is 8.78 Å². The molecule has 8 nitrogen and oxygen atoms in total. The molecule has 0 aliphatic carbocycles. The third-order valence-electron chi connectivity index (χ3n) is 4.02. The largest absolute Gasteiger partial charge is 0.469 e. The van der Waals surface area contributed by atoms with Crippen molar-refractivity contribution < 1.29 is 32.5 Å². The van der Waals surface area contributed by atoms with Crippen molar-refractivity contribution in [2.24, 2.45) is 4.99 Å². The molecule has 0 amide bonds. The molecule has 1 aliphatic rings. The molecule has 11 heteroatoms. The average Bonchev–Trinajstić information content (AvgIpc) is 3.13. The van der Waals surface area contributed by atoms with Gasteiger partial charge in [0, 0.05) is 38.2 Å². The number of methoxy groups -OCH3 is 1. The molecular weight excluding hydrogens is 503 g/mol. The van der Waals surface area contributed by atoms with E-state index in [1.807, 2.05) is 0 Å². The Labute approximate surface area is 185 Å². The summed E-state index contributed by atoms with van der Waals surface area (Å²) in [6.45, 7) is -2.04. The van der Waals surface area contributed by atoms with Crippen molar-refractivity contribution in [2.45, 2.75) is 38.8 Å². The average molecular weight is 529 g/mol. The van der Waals surface area contributed by atoms with Crippen LogP contribution in [0, 0.1) is 0 Å². The first-order valence-corrected chi connectivity index (χ1v) is 8.92. The molecule has 1 heterocycles. The number of halogens is 3. The van der Waals surface area contributed by atoms with Gasteiger partial charge < -0.3 is 29.6 Å². The summed E-state index contributed by atoms with van der Waals surface area (Å²) in [4.78, 5) is 15.1. The van der Waals surface area contributed by atoms with Gasteiger partial charge >= 0.3 is 12.6 Å². The van der Waals surface area contributed by atoms with Gasteiger partial charge in [-0.05, 0) is 18.9 Å². The molecule has 29 heavy (non-hydrogen) atoms. The Morgan fingerprint density at radius 2 is 1.93 bits per heavy atom. The molecule has 2 rings (SSSR count). The van der Waals surface area contributed by atoms with Crippen LogP contribution in [0.25, 0.3) is 0 Å². The van der Waals surface area contributed by atoms with Crippen molar-refractivity contribution in [1.82, 2.24) is 10.6 Å². The van der Waals surface area contributed by atoms with Gasteiger partial charge in [-0.25, -0.2) is 0 Å². The van der Waals surface area contributed by atoms with E-state index in [4.69, 9.17) is 9.47 Å². The maximum atomic E-state index is 12.7. The Hall–Kier alpha value is -2.05. The number of aliphatic imine (C=N–C) groups is 1. The van der Waals surface area contributed by atoms with Crippen molar-refractivity contribution in [2.75, 3.05) is 27.5 Å². The minimum Gasteiger partial charge on any atom is -0.469 e. The number of unbranched alkanes of at least 4 members (excludes halogenated alkanes) is 2. The molecule has 0 spiro atoms. The number of benzene rings is 1. The van der Waals surface area contributed by atoms with Crippen molar-refractivity contribution in [1.29, 1.82) is 0 Å². The predicted octanol–water partition coefficient (Wildman–Crippen LogP) is 3.03. The van der Waals surface area contributed by atoms with E-state index in [1.54, 1.807) is 13.1 Å². The number of hydrogen-bond donors (Lipinski definition) is 2. The lowest BCUT2D eigenvalue weighted by Crippen LogP contribution is -2.37. The summed E-state index contributed by atoms with van der Waals surface area (Å²) in [6.07, 6.45) is 2.88. The number of nitrogens with zero attached hydrogens (tertiary/aromatic N) is 1. The lowest BCUT2D eigenvalue weighted by atomic mass is 10.1. The van der Waals surface area contributed by atoms with Gasteiger partial charge in [0.15, 0.2) is 17.5 Å². The monoisotopic (exact) mass is 529 g/mol. The minimum atomic E-state index is -2.94. The number of esters is 1. The van der Waals surface area contributed by atoms with Gasteiger partial charge in [-0.1, -0.05) is 6.42 Å². The number of carbonyl (C=O) groups excluding carboxylic acids is 1. The normalized spacial score (nSPS) is 12.4. The van der Waals surface area contributed by atoms with Gasteiger partial charge in [-0.15, -0.1) is 24.0 Å². The topological polar surface area (TPSA) is 90.4 Å². The molecule has 0 fully saturated rings. The number of hydrogen-bond acceptors (Lipinski definition) is 6. The summed E-state index contributed by atoms with van der Waals surface area (Å²) in [5.74, 6) is 1.18. The third-order valence-corrected chi connectivity index (χ3v) is 4.02. The third kappa shape index (κ3) is 8.46. The van der Waals surface area contributed by atoms with Crippen LogP contribution in [0.1, 0.15) is 31.2 Å². The molecule has 1 aromatic rings. The molecule has 164 valence electrons. The molecular formula is C18H26F2IN3O5. The highest BCUT2D eigenvalue weighted by Crippen LogP contribution is 2.38. The van der Waals surface area contributed by atoms with Crippen LogP contribution in [0.15, 0.2) is 17.1 Å². The first kappa shape index (κ1) is 25.0. The van der Waals surface area contributed by atoms with Crippen LogP contribution in [-0.2, 0) is 16.1 Å². The summed E-state index contributed by atoms with van der Waals surface area (Å²) < 4.78 is 45.0. The lowest BCUT2D eigenvalue weighted by Gasteiger charge is -2.15. The van der Waals surface area contributed by atoms with E-state index in [0.717, 1.165) is 19.3 Å². The first-order valence-electron chi connectivity index (χ1n) is 8.92. The second-order valence-corrected chi connectivity index (χ2v) is 5.93. The molecule has 2 N–H and O–H groups in total. The summed E-state index contributed by atoms with van der Waals surface area (Å²) >= 11 is 0.